The Hall–Kier alpha value is -1.86. The molecule has 0 spiro atoms. The summed E-state index contributed by atoms with van der Waals surface area (Å²) in [4.78, 5) is 11.8. The third-order valence-corrected chi connectivity index (χ3v) is 2.73. The molecule has 1 aromatic rings. The molecule has 0 aliphatic rings. The normalized spacial score (nSPS) is 12.6. The van der Waals surface area contributed by atoms with E-state index in [4.69, 9.17) is 5.26 Å². The molecule has 0 saturated heterocycles. The number of nitrogens with one attached hydrogen (secondary N) is 1. The number of aliphatic hydroxyl groups is 1. The van der Waals surface area contributed by atoms with Gasteiger partial charge in [-0.2, -0.15) is 5.26 Å². The second kappa shape index (κ2) is 6.18. The molecule has 4 heteroatoms. The molecule has 1 atom stereocenters. The number of aliphatic hydroxyl groups excluding tert-OH is 1. The Morgan fingerprint density at radius 3 is 2.56 bits per heavy atom. The Labute approximate surface area is 107 Å². The fraction of sp³-hybridized carbons (Fsp3) is 0.429. The molecule has 0 aliphatic heterocycles. The monoisotopic (exact) mass is 246 g/mol. The first kappa shape index (κ1) is 14.2. The van der Waals surface area contributed by atoms with Gasteiger partial charge in [-0.05, 0) is 25.8 Å². The van der Waals surface area contributed by atoms with Gasteiger partial charge in [0, 0.05) is 0 Å². The summed E-state index contributed by atoms with van der Waals surface area (Å²) in [6.07, 6.45) is 0.546. The lowest BCUT2D eigenvalue weighted by molar-refractivity contribution is -0.127. The zero-order valence-corrected chi connectivity index (χ0v) is 10.7. The van der Waals surface area contributed by atoms with Crippen LogP contribution in [0, 0.1) is 16.7 Å². The molecular formula is C14H18N2O2. The Bertz CT molecular complexity index is 435. The number of rotatable bonds is 5. The molecule has 0 fully saturated rings. The third-order valence-electron chi connectivity index (χ3n) is 2.73. The van der Waals surface area contributed by atoms with E-state index in [-0.39, 0.29) is 18.6 Å². The van der Waals surface area contributed by atoms with Crippen molar-refractivity contribution in [2.45, 2.75) is 26.3 Å². The Morgan fingerprint density at radius 1 is 1.44 bits per heavy atom. The SMILES string of the molecule is CC(C)(C#N)C(=O)N[C@H](CO)Cc1ccccc1. The van der Waals surface area contributed by atoms with Crippen LogP contribution in [0.15, 0.2) is 30.3 Å². The molecule has 0 aromatic heterocycles. The maximum atomic E-state index is 11.8. The minimum atomic E-state index is -1.08. The molecular weight excluding hydrogens is 228 g/mol. The van der Waals surface area contributed by atoms with Crippen LogP contribution in [0.4, 0.5) is 0 Å². The maximum absolute atomic E-state index is 11.8. The largest absolute Gasteiger partial charge is 0.394 e. The number of hydrogen-bond donors (Lipinski definition) is 2. The van der Waals surface area contributed by atoms with Crippen molar-refractivity contribution in [2.24, 2.45) is 5.41 Å². The van der Waals surface area contributed by atoms with E-state index in [1.54, 1.807) is 13.8 Å². The van der Waals surface area contributed by atoms with Crippen molar-refractivity contribution in [1.82, 2.24) is 5.32 Å². The minimum Gasteiger partial charge on any atom is -0.394 e. The van der Waals surface area contributed by atoms with E-state index in [1.165, 1.54) is 0 Å². The summed E-state index contributed by atoms with van der Waals surface area (Å²) in [7, 11) is 0. The van der Waals surface area contributed by atoms with Crippen molar-refractivity contribution in [3.63, 3.8) is 0 Å². The van der Waals surface area contributed by atoms with Crippen molar-refractivity contribution in [3.05, 3.63) is 35.9 Å². The zero-order valence-electron chi connectivity index (χ0n) is 10.7. The Balaban J connectivity index is 2.64. The van der Waals surface area contributed by atoms with Gasteiger partial charge in [0.25, 0.3) is 0 Å². The number of nitriles is 1. The summed E-state index contributed by atoms with van der Waals surface area (Å²) in [6.45, 7) is 2.96. The predicted molar refractivity (Wildman–Crippen MR) is 68.6 cm³/mol. The van der Waals surface area contributed by atoms with Gasteiger partial charge in [-0.15, -0.1) is 0 Å². The fourth-order valence-corrected chi connectivity index (χ4v) is 1.48. The molecule has 18 heavy (non-hydrogen) atoms. The molecule has 96 valence electrons. The van der Waals surface area contributed by atoms with E-state index >= 15 is 0 Å². The first-order valence-electron chi connectivity index (χ1n) is 5.86. The average Bonchev–Trinajstić information content (AvgIpc) is 2.38. The van der Waals surface area contributed by atoms with Crippen LogP contribution in [0.1, 0.15) is 19.4 Å². The third kappa shape index (κ3) is 3.86. The van der Waals surface area contributed by atoms with E-state index in [1.807, 2.05) is 36.4 Å². The van der Waals surface area contributed by atoms with Crippen LogP contribution in [-0.2, 0) is 11.2 Å². The fourth-order valence-electron chi connectivity index (χ4n) is 1.48. The number of carbonyl (C=O) groups is 1. The van der Waals surface area contributed by atoms with Crippen molar-refractivity contribution >= 4 is 5.91 Å². The number of carbonyl (C=O) groups excluding carboxylic acids is 1. The highest BCUT2D eigenvalue weighted by Crippen LogP contribution is 2.13. The van der Waals surface area contributed by atoms with Gasteiger partial charge in [0.1, 0.15) is 5.41 Å². The maximum Gasteiger partial charge on any atom is 0.240 e. The highest BCUT2D eigenvalue weighted by atomic mass is 16.3. The molecule has 0 radical (unpaired) electrons. The van der Waals surface area contributed by atoms with Crippen molar-refractivity contribution in [1.29, 1.82) is 5.26 Å². The molecule has 0 aliphatic carbocycles. The first-order valence-corrected chi connectivity index (χ1v) is 5.86. The van der Waals surface area contributed by atoms with Gasteiger partial charge in [-0.3, -0.25) is 4.79 Å². The second-order valence-corrected chi connectivity index (χ2v) is 4.78. The number of benzene rings is 1. The molecule has 0 heterocycles. The molecule has 1 rings (SSSR count). The molecule has 0 bridgehead atoms. The van der Waals surface area contributed by atoms with Crippen LogP contribution >= 0.6 is 0 Å². The Kier molecular flexibility index (Phi) is 4.87. The summed E-state index contributed by atoms with van der Waals surface area (Å²) in [5.74, 6) is -0.361. The molecule has 2 N–H and O–H groups in total. The smallest absolute Gasteiger partial charge is 0.240 e. The summed E-state index contributed by atoms with van der Waals surface area (Å²) < 4.78 is 0. The summed E-state index contributed by atoms with van der Waals surface area (Å²) in [5.41, 5.74) is -0.0454. The van der Waals surface area contributed by atoms with Crippen LogP contribution in [0.2, 0.25) is 0 Å². The second-order valence-electron chi connectivity index (χ2n) is 4.78. The molecule has 4 nitrogen and oxygen atoms in total. The van der Waals surface area contributed by atoms with E-state index in [9.17, 15) is 9.90 Å². The standard InChI is InChI=1S/C14H18N2O2/c1-14(2,10-15)13(18)16-12(9-17)8-11-6-4-3-5-7-11/h3-7,12,17H,8-9H2,1-2H3,(H,16,18)/t12-/m0/s1. The number of hydrogen-bond acceptors (Lipinski definition) is 3. The van der Waals surface area contributed by atoms with Crippen molar-refractivity contribution < 1.29 is 9.90 Å². The van der Waals surface area contributed by atoms with Crippen LogP contribution in [0.3, 0.4) is 0 Å². The van der Waals surface area contributed by atoms with E-state index < -0.39 is 5.41 Å². The quantitative estimate of drug-likeness (QED) is 0.821. The number of nitrogens with zero attached hydrogens (tertiary/aromatic N) is 1. The summed E-state index contributed by atoms with van der Waals surface area (Å²) in [6, 6.07) is 11.2. The topological polar surface area (TPSA) is 73.1 Å². The lowest BCUT2D eigenvalue weighted by Crippen LogP contribution is -2.45. The van der Waals surface area contributed by atoms with Gasteiger partial charge < -0.3 is 10.4 Å². The van der Waals surface area contributed by atoms with Gasteiger partial charge in [0.05, 0.1) is 18.7 Å². The Morgan fingerprint density at radius 2 is 2.06 bits per heavy atom. The highest BCUT2D eigenvalue weighted by Gasteiger charge is 2.28. The van der Waals surface area contributed by atoms with E-state index in [0.717, 1.165) is 5.56 Å². The summed E-state index contributed by atoms with van der Waals surface area (Å²) in [5, 5.41) is 20.8. The van der Waals surface area contributed by atoms with Crippen LogP contribution in [0.5, 0.6) is 0 Å². The molecule has 1 aromatic carbocycles. The van der Waals surface area contributed by atoms with Gasteiger partial charge in [0.2, 0.25) is 5.91 Å². The molecule has 0 unspecified atom stereocenters. The van der Waals surface area contributed by atoms with Crippen LogP contribution in [-0.4, -0.2) is 23.7 Å². The van der Waals surface area contributed by atoms with Gasteiger partial charge in [0.15, 0.2) is 0 Å². The van der Waals surface area contributed by atoms with Gasteiger partial charge in [-0.25, -0.2) is 0 Å². The van der Waals surface area contributed by atoms with Crippen LogP contribution < -0.4 is 5.32 Å². The molecule has 0 saturated carbocycles. The summed E-state index contributed by atoms with van der Waals surface area (Å²) >= 11 is 0. The van der Waals surface area contributed by atoms with E-state index in [0.29, 0.717) is 6.42 Å². The molecule has 1 amide bonds. The first-order chi connectivity index (χ1) is 8.49. The lowest BCUT2D eigenvalue weighted by Gasteiger charge is -2.21. The lowest BCUT2D eigenvalue weighted by atomic mass is 9.94. The van der Waals surface area contributed by atoms with Gasteiger partial charge >= 0.3 is 0 Å². The number of amides is 1. The van der Waals surface area contributed by atoms with Crippen molar-refractivity contribution in [2.75, 3.05) is 6.61 Å². The zero-order chi connectivity index (χ0) is 13.6. The minimum absolute atomic E-state index is 0.151. The average molecular weight is 246 g/mol. The van der Waals surface area contributed by atoms with Gasteiger partial charge in [-0.1, -0.05) is 30.3 Å². The predicted octanol–water partition coefficient (Wildman–Crippen LogP) is 1.26. The highest BCUT2D eigenvalue weighted by molar-refractivity contribution is 5.84. The van der Waals surface area contributed by atoms with Crippen LogP contribution in [0.25, 0.3) is 0 Å². The van der Waals surface area contributed by atoms with E-state index in [2.05, 4.69) is 5.32 Å². The van der Waals surface area contributed by atoms with Crippen molar-refractivity contribution in [3.8, 4) is 6.07 Å².